The van der Waals surface area contributed by atoms with E-state index < -0.39 is 0 Å². The molecule has 2 aromatic rings. The van der Waals surface area contributed by atoms with Crippen LogP contribution in [-0.2, 0) is 6.42 Å². The van der Waals surface area contributed by atoms with Crippen LogP contribution in [0.15, 0.2) is 30.6 Å². The van der Waals surface area contributed by atoms with Gasteiger partial charge in [-0.2, -0.15) is 0 Å². The summed E-state index contributed by atoms with van der Waals surface area (Å²) >= 11 is 1.89. The maximum atomic E-state index is 5.59. The van der Waals surface area contributed by atoms with Gasteiger partial charge in [0.05, 0.1) is 0 Å². The third-order valence-corrected chi connectivity index (χ3v) is 4.64. The average Bonchev–Trinajstić information content (AvgIpc) is 2.39. The molecule has 0 aliphatic rings. The van der Waals surface area contributed by atoms with E-state index in [1.165, 1.54) is 0 Å². The van der Waals surface area contributed by atoms with Gasteiger partial charge in [-0.05, 0) is 0 Å². The van der Waals surface area contributed by atoms with Gasteiger partial charge in [0.25, 0.3) is 0 Å². The van der Waals surface area contributed by atoms with Crippen molar-refractivity contribution >= 4 is 22.6 Å². The molecule has 0 amide bonds. The van der Waals surface area contributed by atoms with Crippen LogP contribution in [0.2, 0.25) is 0 Å². The number of hydrogen-bond donors (Lipinski definition) is 0. The molecule has 2 aromatic heterocycles. The second-order valence-corrected chi connectivity index (χ2v) is 6.97. The van der Waals surface area contributed by atoms with E-state index in [1.807, 2.05) is 0 Å². The molecule has 0 fully saturated rings. The number of rotatable bonds is 5. The quantitative estimate of drug-likeness (QED) is 0.332. The maximum absolute atomic E-state index is 5.59. The first-order valence-corrected chi connectivity index (χ1v) is 9.11. The van der Waals surface area contributed by atoms with E-state index in [4.69, 9.17) is 4.74 Å². The topological polar surface area (TPSA) is 47.9 Å². The van der Waals surface area contributed by atoms with E-state index in [2.05, 4.69) is 62.7 Å². The normalized spacial score (nSPS) is 10.6. The molecule has 18 heavy (non-hydrogen) atoms. The van der Waals surface area contributed by atoms with Crippen molar-refractivity contribution in [3.05, 3.63) is 43.7 Å². The predicted molar refractivity (Wildman–Crippen MR) is 72.6 cm³/mol. The van der Waals surface area contributed by atoms with Crippen LogP contribution in [0.1, 0.15) is 12.6 Å². The van der Waals surface area contributed by atoms with Gasteiger partial charge >= 0.3 is 131 Å². The molecule has 0 aromatic carbocycles. The molecular weight excluding hydrogens is 456 g/mol. The summed E-state index contributed by atoms with van der Waals surface area (Å²) in [5, 5.41) is 0. The molecule has 2 rings (SSSR count). The van der Waals surface area contributed by atoms with E-state index in [9.17, 15) is 0 Å². The van der Waals surface area contributed by atoms with Gasteiger partial charge < -0.3 is 0 Å². The Morgan fingerprint density at radius 1 is 1.28 bits per heavy atom. The van der Waals surface area contributed by atoms with Crippen molar-refractivity contribution in [1.82, 2.24) is 15.0 Å². The molecule has 2 heterocycles. The number of aryl methyl sites for hydroxylation is 1. The van der Waals surface area contributed by atoms with Crippen molar-refractivity contribution in [2.75, 3.05) is 4.61 Å². The molecule has 0 radical (unpaired) electrons. The van der Waals surface area contributed by atoms with Crippen molar-refractivity contribution in [3.63, 3.8) is 0 Å². The van der Waals surface area contributed by atoms with Crippen molar-refractivity contribution in [1.29, 1.82) is 0 Å². The SMILES string of the molecule is CCc1cccc([I-]COc2cncc(I)n2)n1. The van der Waals surface area contributed by atoms with E-state index in [1.54, 1.807) is 12.4 Å². The first-order valence-electron chi connectivity index (χ1n) is 5.43. The van der Waals surface area contributed by atoms with Crippen molar-refractivity contribution in [2.24, 2.45) is 0 Å². The van der Waals surface area contributed by atoms with Gasteiger partial charge in [-0.1, -0.05) is 0 Å². The summed E-state index contributed by atoms with van der Waals surface area (Å²) < 4.78 is 8.27. The first-order chi connectivity index (χ1) is 8.78. The fourth-order valence-electron chi connectivity index (χ4n) is 1.26. The summed E-state index contributed by atoms with van der Waals surface area (Å²) in [7, 11) is 0. The van der Waals surface area contributed by atoms with Crippen LogP contribution in [0, 0.1) is 7.40 Å². The number of pyridine rings is 1. The van der Waals surface area contributed by atoms with E-state index >= 15 is 0 Å². The summed E-state index contributed by atoms with van der Waals surface area (Å²) in [5.41, 5.74) is 1.14. The minimum atomic E-state index is -0.235. The number of nitrogens with zero attached hydrogens (tertiary/aromatic N) is 3. The van der Waals surface area contributed by atoms with Crippen LogP contribution in [0.3, 0.4) is 0 Å². The first kappa shape index (κ1) is 13.9. The van der Waals surface area contributed by atoms with Gasteiger partial charge in [0.2, 0.25) is 0 Å². The Balaban J connectivity index is 1.88. The molecule has 0 unspecified atom stereocenters. The summed E-state index contributed by atoms with van der Waals surface area (Å²) in [6.45, 7) is 2.11. The van der Waals surface area contributed by atoms with Crippen LogP contribution in [0.5, 0.6) is 5.88 Å². The molecule has 0 saturated carbocycles. The van der Waals surface area contributed by atoms with Gasteiger partial charge in [-0.15, -0.1) is 0 Å². The van der Waals surface area contributed by atoms with Crippen molar-refractivity contribution in [2.45, 2.75) is 13.3 Å². The molecule has 96 valence electrons. The molecule has 0 N–H and O–H groups in total. The minimum absolute atomic E-state index is 0.235. The predicted octanol–water partition coefficient (Wildman–Crippen LogP) is -0.666. The third-order valence-electron chi connectivity index (χ3n) is 2.11. The Bertz CT molecular complexity index is 522. The van der Waals surface area contributed by atoms with Crippen molar-refractivity contribution in [3.8, 4) is 5.88 Å². The molecule has 4 nitrogen and oxygen atoms in total. The zero-order chi connectivity index (χ0) is 12.8. The second-order valence-electron chi connectivity index (χ2n) is 3.37. The van der Waals surface area contributed by atoms with E-state index in [0.29, 0.717) is 10.5 Å². The Morgan fingerprint density at radius 3 is 2.94 bits per heavy atom. The summed E-state index contributed by atoms with van der Waals surface area (Å²) in [5.74, 6) is 0.591. The van der Waals surface area contributed by atoms with Gasteiger partial charge in [-0.25, -0.2) is 0 Å². The zero-order valence-corrected chi connectivity index (χ0v) is 14.1. The summed E-state index contributed by atoms with van der Waals surface area (Å²) in [6.07, 6.45) is 4.32. The molecule has 0 bridgehead atoms. The monoisotopic (exact) mass is 468 g/mol. The molecule has 0 atom stereocenters. The Kier molecular flexibility index (Phi) is 5.54. The third kappa shape index (κ3) is 4.30. The standard InChI is InChI=1S/C12H12I2N3O/c1-2-9-4-3-5-11(16-9)14-8-18-12-7-15-6-10(13)17-12/h3-7H,2,8H2,1H3/q-1. The van der Waals surface area contributed by atoms with Gasteiger partial charge in [0.1, 0.15) is 0 Å². The number of hydrogen-bond acceptors (Lipinski definition) is 4. The molecule has 0 aliphatic carbocycles. The molecular formula is C12H12I2N3O-. The Hall–Kier alpha value is -0.510. The van der Waals surface area contributed by atoms with Gasteiger partial charge in [0.15, 0.2) is 0 Å². The van der Waals surface area contributed by atoms with Crippen molar-refractivity contribution < 1.29 is 25.9 Å². The fraction of sp³-hybridized carbons (Fsp3) is 0.250. The zero-order valence-electron chi connectivity index (χ0n) is 9.81. The Labute approximate surface area is 130 Å². The van der Waals surface area contributed by atoms with Crippen LogP contribution in [-0.4, -0.2) is 19.6 Å². The van der Waals surface area contributed by atoms with Crippen LogP contribution in [0.4, 0.5) is 0 Å². The van der Waals surface area contributed by atoms with Crippen LogP contribution >= 0.6 is 22.6 Å². The average molecular weight is 468 g/mol. The fourth-order valence-corrected chi connectivity index (χ4v) is 3.39. The number of alkyl halides is 1. The number of halogens is 2. The van der Waals surface area contributed by atoms with Crippen LogP contribution in [0.25, 0.3) is 0 Å². The molecule has 6 heteroatoms. The number of aromatic nitrogens is 3. The van der Waals surface area contributed by atoms with E-state index in [0.717, 1.165) is 19.5 Å². The molecule has 0 aliphatic heterocycles. The Morgan fingerprint density at radius 2 is 2.17 bits per heavy atom. The summed E-state index contributed by atoms with van der Waals surface area (Å²) in [4.78, 5) is 12.8. The molecule has 0 saturated heterocycles. The van der Waals surface area contributed by atoms with Gasteiger partial charge in [-0.3, -0.25) is 0 Å². The molecule has 0 spiro atoms. The number of ether oxygens (including phenoxy) is 1. The summed E-state index contributed by atoms with van der Waals surface area (Å²) in [6, 6.07) is 6.18. The second kappa shape index (κ2) is 7.17. The van der Waals surface area contributed by atoms with Crippen LogP contribution < -0.4 is 25.9 Å². The van der Waals surface area contributed by atoms with Gasteiger partial charge in [0, 0.05) is 0 Å². The van der Waals surface area contributed by atoms with E-state index in [-0.39, 0.29) is 21.2 Å².